The lowest BCUT2D eigenvalue weighted by molar-refractivity contribution is 0.295. The van der Waals surface area contributed by atoms with E-state index in [1.54, 1.807) is 0 Å². The van der Waals surface area contributed by atoms with Crippen LogP contribution in [0.4, 0.5) is 5.69 Å². The van der Waals surface area contributed by atoms with Crippen molar-refractivity contribution in [2.24, 2.45) is 0 Å². The maximum Gasteiger partial charge on any atom is 0.209 e. The summed E-state index contributed by atoms with van der Waals surface area (Å²) in [4.78, 5) is 10.9. The van der Waals surface area contributed by atoms with Gasteiger partial charge in [0.15, 0.2) is 5.58 Å². The highest BCUT2D eigenvalue weighted by molar-refractivity contribution is 5.85. The van der Waals surface area contributed by atoms with Gasteiger partial charge in [0.25, 0.3) is 0 Å². The third kappa shape index (κ3) is 3.20. The molecule has 0 amide bonds. The first-order valence-corrected chi connectivity index (χ1v) is 6.95. The van der Waals surface area contributed by atoms with E-state index < -0.39 is 0 Å². The molecule has 0 aliphatic carbocycles. The van der Waals surface area contributed by atoms with Crippen LogP contribution in [0.2, 0.25) is 0 Å². The molecule has 0 bridgehead atoms. The van der Waals surface area contributed by atoms with Crippen LogP contribution in [0.5, 0.6) is 0 Å². The van der Waals surface area contributed by atoms with Gasteiger partial charge in [-0.1, -0.05) is 12.1 Å². The molecule has 0 saturated carbocycles. The molecule has 0 spiro atoms. The summed E-state index contributed by atoms with van der Waals surface area (Å²) in [5.41, 5.74) is 9.11. The molecule has 5 nitrogen and oxygen atoms in total. The first-order valence-electron chi connectivity index (χ1n) is 6.95. The van der Waals surface area contributed by atoms with Crippen molar-refractivity contribution in [3.05, 3.63) is 54.2 Å². The molecule has 3 aromatic rings. The summed E-state index contributed by atoms with van der Waals surface area (Å²) in [5.74, 6) is 0.687. The zero-order valence-electron chi connectivity index (χ0n) is 12.0. The lowest BCUT2D eigenvalue weighted by Gasteiger charge is -2.13. The second kappa shape index (κ2) is 5.93. The number of para-hydroxylation sites is 1. The molecular formula is C16H18N4O. The van der Waals surface area contributed by atoms with E-state index in [0.29, 0.717) is 18.1 Å². The Hall–Kier alpha value is -2.40. The fraction of sp³-hybridized carbons (Fsp3) is 0.250. The average molecular weight is 282 g/mol. The van der Waals surface area contributed by atoms with Crippen molar-refractivity contribution in [2.45, 2.75) is 13.0 Å². The lowest BCUT2D eigenvalue weighted by Crippen LogP contribution is -2.21. The highest BCUT2D eigenvalue weighted by atomic mass is 16.3. The van der Waals surface area contributed by atoms with Gasteiger partial charge in [0.1, 0.15) is 5.52 Å². The van der Waals surface area contributed by atoms with Gasteiger partial charge in [0.05, 0.1) is 12.2 Å². The number of benzene rings is 1. The van der Waals surface area contributed by atoms with Crippen molar-refractivity contribution in [2.75, 3.05) is 19.3 Å². The smallest absolute Gasteiger partial charge is 0.209 e. The van der Waals surface area contributed by atoms with Gasteiger partial charge in [-0.15, -0.1) is 0 Å². The molecule has 0 atom stereocenters. The van der Waals surface area contributed by atoms with Gasteiger partial charge in [-0.2, -0.15) is 0 Å². The normalized spacial score (nSPS) is 11.3. The number of fused-ring (bicyclic) bond motifs is 1. The Balaban J connectivity index is 1.63. The van der Waals surface area contributed by atoms with E-state index in [0.717, 1.165) is 29.8 Å². The number of rotatable bonds is 5. The Morgan fingerprint density at radius 3 is 2.86 bits per heavy atom. The van der Waals surface area contributed by atoms with Crippen molar-refractivity contribution in [3.8, 4) is 0 Å². The molecule has 0 unspecified atom stereocenters. The Morgan fingerprint density at radius 2 is 2.10 bits per heavy atom. The van der Waals surface area contributed by atoms with E-state index in [-0.39, 0.29) is 0 Å². The molecule has 0 fully saturated rings. The molecule has 0 aliphatic rings. The number of nitrogens with zero attached hydrogens (tertiary/aromatic N) is 3. The molecule has 21 heavy (non-hydrogen) atoms. The van der Waals surface area contributed by atoms with Crippen molar-refractivity contribution < 1.29 is 4.42 Å². The summed E-state index contributed by atoms with van der Waals surface area (Å²) in [6.07, 6.45) is 2.72. The summed E-state index contributed by atoms with van der Waals surface area (Å²) in [6.45, 7) is 1.55. The fourth-order valence-corrected chi connectivity index (χ4v) is 2.24. The number of hydrogen-bond acceptors (Lipinski definition) is 5. The Labute approximate surface area is 123 Å². The Bertz CT molecular complexity index is 723. The summed E-state index contributed by atoms with van der Waals surface area (Å²) in [7, 11) is 2.04. The van der Waals surface area contributed by atoms with Crippen LogP contribution in [0.3, 0.4) is 0 Å². The number of hydrogen-bond donors (Lipinski definition) is 1. The van der Waals surface area contributed by atoms with Crippen LogP contribution in [-0.4, -0.2) is 28.5 Å². The summed E-state index contributed by atoms with van der Waals surface area (Å²) < 4.78 is 5.72. The molecule has 108 valence electrons. The minimum atomic E-state index is 0.652. The van der Waals surface area contributed by atoms with E-state index in [1.807, 2.05) is 49.6 Å². The van der Waals surface area contributed by atoms with Gasteiger partial charge in [0, 0.05) is 24.9 Å². The average Bonchev–Trinajstić information content (AvgIpc) is 2.90. The number of oxazole rings is 1. The Kier molecular flexibility index (Phi) is 3.83. The largest absolute Gasteiger partial charge is 0.439 e. The van der Waals surface area contributed by atoms with Gasteiger partial charge in [0.2, 0.25) is 5.89 Å². The van der Waals surface area contributed by atoms with Gasteiger partial charge in [-0.05, 0) is 31.3 Å². The highest BCUT2D eigenvalue weighted by Crippen LogP contribution is 2.21. The molecule has 2 N–H and O–H groups in total. The van der Waals surface area contributed by atoms with Crippen LogP contribution in [-0.2, 0) is 13.0 Å². The topological polar surface area (TPSA) is 68.2 Å². The van der Waals surface area contributed by atoms with Gasteiger partial charge in [-0.25, -0.2) is 4.98 Å². The zero-order chi connectivity index (χ0) is 14.7. The molecule has 2 aromatic heterocycles. The van der Waals surface area contributed by atoms with Crippen molar-refractivity contribution in [1.29, 1.82) is 0 Å². The van der Waals surface area contributed by atoms with E-state index in [4.69, 9.17) is 10.2 Å². The number of aromatic nitrogens is 2. The number of pyridine rings is 1. The van der Waals surface area contributed by atoms with Crippen LogP contribution in [0.1, 0.15) is 11.6 Å². The predicted molar refractivity (Wildman–Crippen MR) is 82.7 cm³/mol. The van der Waals surface area contributed by atoms with E-state index in [9.17, 15) is 0 Å². The predicted octanol–water partition coefficient (Wildman–Crippen LogP) is 2.48. The van der Waals surface area contributed by atoms with Crippen molar-refractivity contribution in [1.82, 2.24) is 14.9 Å². The lowest BCUT2D eigenvalue weighted by atomic mass is 10.2. The minimum Gasteiger partial charge on any atom is -0.439 e. The summed E-state index contributed by atoms with van der Waals surface area (Å²) in [5, 5.41) is 0. The highest BCUT2D eigenvalue weighted by Gasteiger charge is 2.10. The molecule has 0 saturated heterocycles. The van der Waals surface area contributed by atoms with Gasteiger partial charge in [-0.3, -0.25) is 9.88 Å². The van der Waals surface area contributed by atoms with Crippen LogP contribution in [0.15, 0.2) is 47.0 Å². The molecule has 0 radical (unpaired) electrons. The quantitative estimate of drug-likeness (QED) is 0.728. The first-order chi connectivity index (χ1) is 10.2. The van der Waals surface area contributed by atoms with Crippen molar-refractivity contribution >= 4 is 16.8 Å². The van der Waals surface area contributed by atoms with E-state index in [1.165, 1.54) is 0 Å². The summed E-state index contributed by atoms with van der Waals surface area (Å²) in [6, 6.07) is 11.6. The van der Waals surface area contributed by atoms with Crippen LogP contribution in [0.25, 0.3) is 11.1 Å². The SMILES string of the molecule is CN(CCc1ccccn1)Cc1nc2c(N)cccc2o1. The third-order valence-corrected chi connectivity index (χ3v) is 3.38. The van der Waals surface area contributed by atoms with E-state index in [2.05, 4.69) is 14.9 Å². The maximum absolute atomic E-state index is 5.89. The number of nitrogen functional groups attached to an aromatic ring is 1. The third-order valence-electron chi connectivity index (χ3n) is 3.38. The summed E-state index contributed by atoms with van der Waals surface area (Å²) >= 11 is 0. The van der Waals surface area contributed by atoms with Gasteiger partial charge < -0.3 is 10.2 Å². The second-order valence-corrected chi connectivity index (χ2v) is 5.11. The number of likely N-dealkylation sites (N-methyl/N-ethyl adjacent to an activating group) is 1. The standard InChI is InChI=1S/C16H18N4O/c1-20(10-8-12-5-2-3-9-18-12)11-15-19-16-13(17)6-4-7-14(16)21-15/h2-7,9H,8,10-11,17H2,1H3. The molecule has 1 aromatic carbocycles. The number of nitrogens with two attached hydrogens (primary N) is 1. The monoisotopic (exact) mass is 282 g/mol. The number of anilines is 1. The fourth-order valence-electron chi connectivity index (χ4n) is 2.24. The van der Waals surface area contributed by atoms with Crippen LogP contribution < -0.4 is 5.73 Å². The first kappa shape index (κ1) is 13.6. The second-order valence-electron chi connectivity index (χ2n) is 5.11. The molecule has 5 heteroatoms. The zero-order valence-corrected chi connectivity index (χ0v) is 12.0. The van der Waals surface area contributed by atoms with E-state index >= 15 is 0 Å². The van der Waals surface area contributed by atoms with Crippen LogP contribution in [0, 0.1) is 0 Å². The molecular weight excluding hydrogens is 264 g/mol. The Morgan fingerprint density at radius 1 is 1.19 bits per heavy atom. The van der Waals surface area contributed by atoms with Crippen LogP contribution >= 0.6 is 0 Å². The maximum atomic E-state index is 5.89. The minimum absolute atomic E-state index is 0.652. The molecule has 2 heterocycles. The molecule has 3 rings (SSSR count). The molecule has 0 aliphatic heterocycles. The van der Waals surface area contributed by atoms with Gasteiger partial charge >= 0.3 is 0 Å². The van der Waals surface area contributed by atoms with Crippen molar-refractivity contribution in [3.63, 3.8) is 0 Å².